The van der Waals surface area contributed by atoms with E-state index in [1.807, 2.05) is 0 Å². The lowest BCUT2D eigenvalue weighted by Crippen LogP contribution is -2.58. The molecule has 4 aliphatic rings. The second kappa shape index (κ2) is 7.27. The van der Waals surface area contributed by atoms with Gasteiger partial charge in [-0.05, 0) is 104 Å². The number of carboxylic acids is 1. The van der Waals surface area contributed by atoms with Crippen LogP contribution in [0.2, 0.25) is 0 Å². The Hall–Kier alpha value is -0.610. The van der Waals surface area contributed by atoms with Crippen molar-refractivity contribution in [1.82, 2.24) is 0 Å². The van der Waals surface area contributed by atoms with E-state index in [1.54, 1.807) is 0 Å². The van der Waals surface area contributed by atoms with Crippen LogP contribution in [0.3, 0.4) is 0 Å². The summed E-state index contributed by atoms with van der Waals surface area (Å²) in [6.45, 7) is 7.16. The van der Waals surface area contributed by atoms with Gasteiger partial charge in [0, 0.05) is 6.42 Å². The third kappa shape index (κ3) is 3.14. The molecule has 4 aliphatic carbocycles. The van der Waals surface area contributed by atoms with Gasteiger partial charge >= 0.3 is 5.97 Å². The topological polar surface area (TPSA) is 77.8 Å². The van der Waals surface area contributed by atoms with Crippen LogP contribution in [0.25, 0.3) is 0 Å². The van der Waals surface area contributed by atoms with Gasteiger partial charge in [-0.15, -0.1) is 0 Å². The summed E-state index contributed by atoms with van der Waals surface area (Å²) in [5, 5.41) is 30.5. The Morgan fingerprint density at radius 1 is 1.00 bits per heavy atom. The van der Waals surface area contributed by atoms with Crippen molar-refractivity contribution < 1.29 is 20.1 Å². The van der Waals surface area contributed by atoms with Gasteiger partial charge in [-0.25, -0.2) is 0 Å². The maximum absolute atomic E-state index is 11.2. The van der Waals surface area contributed by atoms with E-state index in [0.29, 0.717) is 35.5 Å². The van der Waals surface area contributed by atoms with Gasteiger partial charge in [-0.1, -0.05) is 20.8 Å². The van der Waals surface area contributed by atoms with Crippen molar-refractivity contribution in [3.63, 3.8) is 0 Å². The molecule has 0 aliphatic heterocycles. The predicted octanol–water partition coefficient (Wildman–Crippen LogP) is 4.48. The minimum absolute atomic E-state index is 0.179. The second-order valence-corrected chi connectivity index (χ2v) is 11.4. The summed E-state index contributed by atoms with van der Waals surface area (Å²) in [6.07, 6.45) is 9.19. The SMILES string of the molecule is C[C@H](CC[13C](=O)O)[C@H]1CC[C@H]2[C@@H]3[C@@H](O)C[C@@H]4C[C@H](O)CC[C@]4(C)[C@H]3CC[C@]12C. The number of hydrogen-bond acceptors (Lipinski definition) is 3. The Labute approximate surface area is 170 Å². The molecule has 0 amide bonds. The zero-order valence-corrected chi connectivity index (χ0v) is 17.9. The van der Waals surface area contributed by atoms with E-state index in [4.69, 9.17) is 5.11 Å². The summed E-state index contributed by atoms with van der Waals surface area (Å²) in [5.41, 5.74) is 0.523. The first-order valence-corrected chi connectivity index (χ1v) is 11.7. The summed E-state index contributed by atoms with van der Waals surface area (Å²) in [7, 11) is 0. The fourth-order valence-electron chi connectivity index (χ4n) is 8.73. The molecule has 4 heteroatoms. The van der Waals surface area contributed by atoms with E-state index in [-0.39, 0.29) is 29.5 Å². The molecule has 4 rings (SSSR count). The van der Waals surface area contributed by atoms with Gasteiger partial charge in [0.1, 0.15) is 0 Å². The highest BCUT2D eigenvalue weighted by Gasteiger charge is 2.62. The van der Waals surface area contributed by atoms with Crippen molar-refractivity contribution in [2.45, 2.75) is 97.2 Å². The molecule has 0 aromatic carbocycles. The molecule has 0 bridgehead atoms. The van der Waals surface area contributed by atoms with E-state index < -0.39 is 5.97 Å². The quantitative estimate of drug-likeness (QED) is 0.616. The number of aliphatic hydroxyl groups excluding tert-OH is 2. The Balaban J connectivity index is 1.55. The van der Waals surface area contributed by atoms with E-state index in [0.717, 1.165) is 32.1 Å². The number of carboxylic acid groups (broad SMARTS) is 1. The lowest BCUT2D eigenvalue weighted by molar-refractivity contribution is -0.174. The van der Waals surface area contributed by atoms with Crippen molar-refractivity contribution in [2.24, 2.45) is 46.3 Å². The number of carbonyl (C=O) groups is 1. The molecular formula is C24H40O4. The van der Waals surface area contributed by atoms with Crippen LogP contribution >= 0.6 is 0 Å². The lowest BCUT2D eigenvalue weighted by atomic mass is 9.43. The zero-order valence-electron chi connectivity index (χ0n) is 17.9. The van der Waals surface area contributed by atoms with Gasteiger partial charge in [0.05, 0.1) is 12.2 Å². The molecule has 0 heterocycles. The highest BCUT2D eigenvalue weighted by Crippen LogP contribution is 2.68. The van der Waals surface area contributed by atoms with E-state index in [1.165, 1.54) is 25.7 Å². The van der Waals surface area contributed by atoms with E-state index >= 15 is 0 Å². The van der Waals surface area contributed by atoms with Gasteiger partial charge in [0.15, 0.2) is 0 Å². The largest absolute Gasteiger partial charge is 0.481 e. The van der Waals surface area contributed by atoms with Gasteiger partial charge in [0.25, 0.3) is 0 Å². The first-order chi connectivity index (χ1) is 13.2. The highest BCUT2D eigenvalue weighted by molar-refractivity contribution is 5.66. The minimum Gasteiger partial charge on any atom is -0.481 e. The van der Waals surface area contributed by atoms with Gasteiger partial charge < -0.3 is 15.3 Å². The molecule has 0 spiro atoms. The number of aliphatic carboxylic acids is 1. The van der Waals surface area contributed by atoms with Crippen LogP contribution in [0, 0.1) is 46.3 Å². The number of aliphatic hydroxyl groups is 2. The Bertz CT molecular complexity index is 605. The molecule has 3 N–H and O–H groups in total. The molecular weight excluding hydrogens is 353 g/mol. The summed E-state index contributed by atoms with van der Waals surface area (Å²) >= 11 is 0. The molecule has 160 valence electrons. The first-order valence-electron chi connectivity index (χ1n) is 11.7. The van der Waals surface area contributed by atoms with Crippen LogP contribution in [-0.4, -0.2) is 33.5 Å². The molecule has 0 aromatic heterocycles. The third-order valence-corrected chi connectivity index (χ3v) is 10.2. The summed E-state index contributed by atoms with van der Waals surface area (Å²) in [6, 6.07) is 0. The normalized spacial score (nSPS) is 51.7. The smallest absolute Gasteiger partial charge is 0.303 e. The highest BCUT2D eigenvalue weighted by atomic mass is 16.5. The van der Waals surface area contributed by atoms with Crippen LogP contribution in [0.5, 0.6) is 0 Å². The van der Waals surface area contributed by atoms with Gasteiger partial charge in [0.2, 0.25) is 0 Å². The molecule has 10 atom stereocenters. The molecule has 28 heavy (non-hydrogen) atoms. The Morgan fingerprint density at radius 2 is 1.68 bits per heavy atom. The standard InChI is InChI=1S/C24H40O4/c1-14(4-7-21(27)28)17-5-6-18-22-19(9-11-24(17,18)3)23(2)10-8-16(25)12-15(23)13-20(22)26/h14-20,22,25-26H,4-13H2,1-3H3,(H,27,28)/t14-,15+,16-,17-,18+,19+,20+,22+,23+,24-/m1/s1/i21+1. The molecule has 0 aromatic rings. The summed E-state index contributed by atoms with van der Waals surface area (Å²) < 4.78 is 0. The van der Waals surface area contributed by atoms with E-state index in [9.17, 15) is 15.0 Å². The molecule has 4 nitrogen and oxygen atoms in total. The van der Waals surface area contributed by atoms with Crippen molar-refractivity contribution in [3.05, 3.63) is 0 Å². The van der Waals surface area contributed by atoms with Crippen LogP contribution in [0.1, 0.15) is 85.0 Å². The van der Waals surface area contributed by atoms with Gasteiger partial charge in [-0.3, -0.25) is 4.79 Å². The van der Waals surface area contributed by atoms with E-state index in [2.05, 4.69) is 20.8 Å². The molecule has 4 saturated carbocycles. The third-order valence-electron chi connectivity index (χ3n) is 10.2. The lowest BCUT2D eigenvalue weighted by Gasteiger charge is -2.62. The van der Waals surface area contributed by atoms with Crippen molar-refractivity contribution >= 4 is 5.97 Å². The monoisotopic (exact) mass is 393 g/mol. The first kappa shape index (κ1) is 20.7. The van der Waals surface area contributed by atoms with Crippen molar-refractivity contribution in [3.8, 4) is 0 Å². The van der Waals surface area contributed by atoms with Crippen molar-refractivity contribution in [1.29, 1.82) is 0 Å². The molecule has 0 radical (unpaired) electrons. The average Bonchev–Trinajstić information content (AvgIpc) is 2.98. The predicted molar refractivity (Wildman–Crippen MR) is 109 cm³/mol. The fourth-order valence-corrected chi connectivity index (χ4v) is 8.73. The second-order valence-electron chi connectivity index (χ2n) is 11.4. The maximum Gasteiger partial charge on any atom is 0.303 e. The van der Waals surface area contributed by atoms with Crippen LogP contribution in [-0.2, 0) is 4.79 Å². The van der Waals surface area contributed by atoms with Crippen molar-refractivity contribution in [2.75, 3.05) is 0 Å². The summed E-state index contributed by atoms with van der Waals surface area (Å²) in [5.74, 6) is 2.36. The Kier molecular flexibility index (Phi) is 5.36. The number of hydrogen-bond donors (Lipinski definition) is 3. The minimum atomic E-state index is -0.684. The molecule has 0 unspecified atom stereocenters. The van der Waals surface area contributed by atoms with Crippen LogP contribution in [0.15, 0.2) is 0 Å². The Morgan fingerprint density at radius 3 is 2.39 bits per heavy atom. The summed E-state index contributed by atoms with van der Waals surface area (Å²) in [4.78, 5) is 11.1. The van der Waals surface area contributed by atoms with Crippen LogP contribution in [0.4, 0.5) is 0 Å². The molecule has 4 fully saturated rings. The average molecular weight is 394 g/mol. The maximum atomic E-state index is 11.2. The number of fused-ring (bicyclic) bond motifs is 5. The molecule has 0 saturated heterocycles. The number of rotatable bonds is 4. The fraction of sp³-hybridized carbons (Fsp3) is 0.958. The zero-order chi connectivity index (χ0) is 20.3. The van der Waals surface area contributed by atoms with Gasteiger partial charge in [-0.2, -0.15) is 0 Å². The van der Waals surface area contributed by atoms with Crippen LogP contribution < -0.4 is 0 Å².